The average molecular weight is 264 g/mol. The van der Waals surface area contributed by atoms with Crippen LogP contribution in [0, 0.1) is 6.92 Å². The molecule has 0 bridgehead atoms. The van der Waals surface area contributed by atoms with Crippen molar-refractivity contribution in [2.45, 2.75) is 19.5 Å². The highest BCUT2D eigenvalue weighted by atomic mass is 16.5. The summed E-state index contributed by atoms with van der Waals surface area (Å²) in [6.07, 6.45) is 0. The molecule has 1 aliphatic heterocycles. The fourth-order valence-corrected chi connectivity index (χ4v) is 2.50. The summed E-state index contributed by atoms with van der Waals surface area (Å²) in [7, 11) is 3.86. The van der Waals surface area contributed by atoms with E-state index in [1.54, 1.807) is 7.11 Å². The predicted molar refractivity (Wildman–Crippen MR) is 76.7 cm³/mol. The van der Waals surface area contributed by atoms with E-state index in [1.165, 1.54) is 11.1 Å². The molecule has 4 heteroatoms. The third kappa shape index (κ3) is 4.20. The van der Waals surface area contributed by atoms with Gasteiger partial charge in [0.25, 0.3) is 0 Å². The average Bonchev–Trinajstić information content (AvgIpc) is 2.40. The van der Waals surface area contributed by atoms with Crippen molar-refractivity contribution in [2.75, 3.05) is 40.5 Å². The van der Waals surface area contributed by atoms with Gasteiger partial charge in [-0.2, -0.15) is 0 Å². The molecule has 0 spiro atoms. The van der Waals surface area contributed by atoms with Gasteiger partial charge in [0.1, 0.15) is 5.75 Å². The maximum absolute atomic E-state index is 5.48. The van der Waals surface area contributed by atoms with Gasteiger partial charge in [0.15, 0.2) is 0 Å². The van der Waals surface area contributed by atoms with Crippen molar-refractivity contribution in [1.82, 2.24) is 10.2 Å². The summed E-state index contributed by atoms with van der Waals surface area (Å²) >= 11 is 0. The summed E-state index contributed by atoms with van der Waals surface area (Å²) in [6.45, 7) is 6.56. The Kier molecular flexibility index (Phi) is 5.19. The molecular weight excluding hydrogens is 240 g/mol. The molecule has 0 radical (unpaired) electrons. The van der Waals surface area contributed by atoms with Gasteiger partial charge >= 0.3 is 0 Å². The van der Waals surface area contributed by atoms with Crippen molar-refractivity contribution < 1.29 is 9.47 Å². The number of rotatable bonds is 5. The number of nitrogens with one attached hydrogen (secondary N) is 1. The summed E-state index contributed by atoms with van der Waals surface area (Å²) in [5, 5.41) is 3.48. The minimum atomic E-state index is 0.426. The van der Waals surface area contributed by atoms with Crippen molar-refractivity contribution in [3.8, 4) is 5.75 Å². The van der Waals surface area contributed by atoms with Crippen molar-refractivity contribution in [3.63, 3.8) is 0 Å². The monoisotopic (exact) mass is 264 g/mol. The lowest BCUT2D eigenvalue weighted by molar-refractivity contribution is 0.0644. The number of hydrogen-bond donors (Lipinski definition) is 1. The topological polar surface area (TPSA) is 33.7 Å². The quantitative estimate of drug-likeness (QED) is 0.872. The second kappa shape index (κ2) is 6.89. The first-order chi connectivity index (χ1) is 9.19. The molecule has 1 aliphatic rings. The number of nitrogens with zero attached hydrogens (tertiary/aromatic N) is 1. The molecule has 4 nitrogen and oxygen atoms in total. The number of hydrogen-bond acceptors (Lipinski definition) is 4. The molecule has 1 aromatic rings. The van der Waals surface area contributed by atoms with E-state index in [9.17, 15) is 0 Å². The molecule has 1 saturated heterocycles. The molecule has 1 unspecified atom stereocenters. The smallest absolute Gasteiger partial charge is 0.123 e. The molecule has 1 fully saturated rings. The molecule has 19 heavy (non-hydrogen) atoms. The van der Waals surface area contributed by atoms with E-state index in [0.29, 0.717) is 6.04 Å². The first kappa shape index (κ1) is 14.3. The maximum atomic E-state index is 5.48. The van der Waals surface area contributed by atoms with Crippen LogP contribution in [0.3, 0.4) is 0 Å². The summed E-state index contributed by atoms with van der Waals surface area (Å²) < 4.78 is 10.9. The number of likely N-dealkylation sites (N-methyl/N-ethyl adjacent to an activating group) is 1. The van der Waals surface area contributed by atoms with E-state index >= 15 is 0 Å². The van der Waals surface area contributed by atoms with Gasteiger partial charge in [-0.15, -0.1) is 0 Å². The fraction of sp³-hybridized carbons (Fsp3) is 0.600. The summed E-state index contributed by atoms with van der Waals surface area (Å²) in [5.41, 5.74) is 2.50. The zero-order chi connectivity index (χ0) is 13.7. The van der Waals surface area contributed by atoms with E-state index < -0.39 is 0 Å². The van der Waals surface area contributed by atoms with E-state index in [1.807, 2.05) is 6.07 Å². The predicted octanol–water partition coefficient (Wildman–Crippen LogP) is 1.42. The van der Waals surface area contributed by atoms with Crippen LogP contribution in [0.2, 0.25) is 0 Å². The van der Waals surface area contributed by atoms with Crippen LogP contribution in [0.1, 0.15) is 11.1 Å². The van der Waals surface area contributed by atoms with Crippen LogP contribution in [-0.4, -0.2) is 51.4 Å². The molecule has 1 aromatic carbocycles. The largest absolute Gasteiger partial charge is 0.496 e. The summed E-state index contributed by atoms with van der Waals surface area (Å²) in [5.74, 6) is 0.963. The van der Waals surface area contributed by atoms with E-state index in [-0.39, 0.29) is 0 Å². The molecule has 1 N–H and O–H groups in total. The fourth-order valence-electron chi connectivity index (χ4n) is 2.50. The second-order valence-electron chi connectivity index (χ2n) is 5.24. The lowest BCUT2D eigenvalue weighted by Crippen LogP contribution is -2.47. The van der Waals surface area contributed by atoms with Gasteiger partial charge in [-0.25, -0.2) is 0 Å². The van der Waals surface area contributed by atoms with Gasteiger partial charge in [-0.3, -0.25) is 0 Å². The Balaban J connectivity index is 1.93. The lowest BCUT2D eigenvalue weighted by Gasteiger charge is -2.28. The normalized spacial score (nSPS) is 19.7. The van der Waals surface area contributed by atoms with Crippen LogP contribution in [0.15, 0.2) is 18.2 Å². The van der Waals surface area contributed by atoms with E-state index in [0.717, 1.165) is 38.6 Å². The summed E-state index contributed by atoms with van der Waals surface area (Å²) in [6, 6.07) is 6.74. The third-order valence-corrected chi connectivity index (χ3v) is 3.41. The van der Waals surface area contributed by atoms with Crippen LogP contribution < -0.4 is 10.1 Å². The minimum absolute atomic E-state index is 0.426. The molecule has 1 atom stereocenters. The van der Waals surface area contributed by atoms with Gasteiger partial charge < -0.3 is 19.7 Å². The molecule has 1 heterocycles. The van der Waals surface area contributed by atoms with Crippen molar-refractivity contribution in [1.29, 1.82) is 0 Å². The zero-order valence-corrected chi connectivity index (χ0v) is 12.1. The number of benzene rings is 1. The molecule has 106 valence electrons. The minimum Gasteiger partial charge on any atom is -0.496 e. The molecule has 0 aromatic heterocycles. The Bertz CT molecular complexity index is 403. The number of methoxy groups -OCH3 is 1. The van der Waals surface area contributed by atoms with Crippen molar-refractivity contribution >= 4 is 0 Å². The van der Waals surface area contributed by atoms with Gasteiger partial charge in [-0.1, -0.05) is 17.7 Å². The molecule has 2 rings (SSSR count). The Labute approximate surface area is 115 Å². The second-order valence-corrected chi connectivity index (χ2v) is 5.24. The Morgan fingerprint density at radius 2 is 2.32 bits per heavy atom. The Morgan fingerprint density at radius 1 is 1.47 bits per heavy atom. The molecular formula is C15H24N2O2. The van der Waals surface area contributed by atoms with Crippen LogP contribution in [0.5, 0.6) is 5.75 Å². The summed E-state index contributed by atoms with van der Waals surface area (Å²) in [4.78, 5) is 2.31. The van der Waals surface area contributed by atoms with Gasteiger partial charge in [0.2, 0.25) is 0 Å². The third-order valence-electron chi connectivity index (χ3n) is 3.41. The van der Waals surface area contributed by atoms with Crippen molar-refractivity contribution in [3.05, 3.63) is 29.3 Å². The van der Waals surface area contributed by atoms with Gasteiger partial charge in [0.05, 0.1) is 20.3 Å². The first-order valence-corrected chi connectivity index (χ1v) is 6.82. The zero-order valence-electron chi connectivity index (χ0n) is 12.1. The molecule has 0 saturated carbocycles. The lowest BCUT2D eigenvalue weighted by atomic mass is 10.1. The standard InChI is InChI=1S/C15H24N2O2/c1-12-4-5-15(18-3)13(8-12)9-17(2)10-14-11-19-7-6-16-14/h4-5,8,14,16H,6-7,9-11H2,1-3H3. The SMILES string of the molecule is COc1ccc(C)cc1CN(C)CC1COCCN1. The highest BCUT2D eigenvalue weighted by molar-refractivity contribution is 5.36. The number of ether oxygens (including phenoxy) is 2. The Morgan fingerprint density at radius 3 is 3.00 bits per heavy atom. The number of aryl methyl sites for hydroxylation is 1. The number of morpholine rings is 1. The van der Waals surface area contributed by atoms with Crippen LogP contribution >= 0.6 is 0 Å². The Hall–Kier alpha value is -1.10. The van der Waals surface area contributed by atoms with E-state index in [2.05, 4.69) is 36.3 Å². The van der Waals surface area contributed by atoms with Crippen LogP contribution in [-0.2, 0) is 11.3 Å². The van der Waals surface area contributed by atoms with E-state index in [4.69, 9.17) is 9.47 Å². The van der Waals surface area contributed by atoms with Crippen LogP contribution in [0.4, 0.5) is 0 Å². The maximum Gasteiger partial charge on any atom is 0.123 e. The highest BCUT2D eigenvalue weighted by Gasteiger charge is 2.16. The first-order valence-electron chi connectivity index (χ1n) is 6.82. The van der Waals surface area contributed by atoms with Crippen LogP contribution in [0.25, 0.3) is 0 Å². The van der Waals surface area contributed by atoms with Gasteiger partial charge in [0, 0.05) is 31.2 Å². The molecule has 0 aliphatic carbocycles. The van der Waals surface area contributed by atoms with Crippen molar-refractivity contribution in [2.24, 2.45) is 0 Å². The van der Waals surface area contributed by atoms with Gasteiger partial charge in [-0.05, 0) is 20.0 Å². The molecule has 0 amide bonds. The highest BCUT2D eigenvalue weighted by Crippen LogP contribution is 2.21.